The molecule has 0 bridgehead atoms. The van der Waals surface area contributed by atoms with Crippen molar-refractivity contribution in [1.29, 1.82) is 0 Å². The molecule has 4 nitrogen and oxygen atoms in total. The molecule has 2 rings (SSSR count). The highest BCUT2D eigenvalue weighted by Crippen LogP contribution is 2.25. The van der Waals surface area contributed by atoms with Gasteiger partial charge in [0.25, 0.3) is 0 Å². The van der Waals surface area contributed by atoms with Gasteiger partial charge in [-0.05, 0) is 38.3 Å². The summed E-state index contributed by atoms with van der Waals surface area (Å²) >= 11 is 0. The number of nitrogens with one attached hydrogen (secondary N) is 2. The van der Waals surface area contributed by atoms with E-state index >= 15 is 0 Å². The number of benzene rings is 1. The van der Waals surface area contributed by atoms with Gasteiger partial charge >= 0.3 is 6.61 Å². The topological polar surface area (TPSA) is 50.4 Å². The maximum absolute atomic E-state index is 12.3. The Labute approximate surface area is 116 Å². The maximum Gasteiger partial charge on any atom is 0.387 e. The van der Waals surface area contributed by atoms with Crippen molar-refractivity contribution in [3.05, 3.63) is 23.8 Å². The molecular weight excluding hydrogens is 266 g/mol. The van der Waals surface area contributed by atoms with E-state index in [1.54, 1.807) is 26.0 Å². The largest absolute Gasteiger partial charge is 0.434 e. The summed E-state index contributed by atoms with van der Waals surface area (Å²) < 4.78 is 29.0. The van der Waals surface area contributed by atoms with Crippen LogP contribution in [-0.4, -0.2) is 24.6 Å². The van der Waals surface area contributed by atoms with E-state index in [0.29, 0.717) is 17.3 Å². The Morgan fingerprint density at radius 2 is 2.10 bits per heavy atom. The normalized spacial score (nSPS) is 15.8. The number of hydrogen-bond acceptors (Lipinski definition) is 3. The van der Waals surface area contributed by atoms with Crippen LogP contribution in [0.1, 0.15) is 25.3 Å². The molecule has 1 fully saturated rings. The molecule has 0 unspecified atom stereocenters. The second kappa shape index (κ2) is 6.07. The molecule has 2 N–H and O–H groups in total. The average molecular weight is 284 g/mol. The number of hydrogen-bond donors (Lipinski definition) is 2. The second-order valence-corrected chi connectivity index (χ2v) is 5.01. The monoisotopic (exact) mass is 284 g/mol. The molecule has 1 aromatic carbocycles. The fourth-order valence-electron chi connectivity index (χ4n) is 1.78. The fourth-order valence-corrected chi connectivity index (χ4v) is 1.78. The van der Waals surface area contributed by atoms with Gasteiger partial charge in [-0.3, -0.25) is 4.79 Å². The number of ether oxygens (including phenoxy) is 1. The molecule has 1 aromatic rings. The lowest BCUT2D eigenvalue weighted by Crippen LogP contribution is -2.38. The zero-order valence-electron chi connectivity index (χ0n) is 11.5. The van der Waals surface area contributed by atoms with Crippen LogP contribution in [0.3, 0.4) is 0 Å². The van der Waals surface area contributed by atoms with Gasteiger partial charge in [0.15, 0.2) is 0 Å². The molecule has 0 aliphatic heterocycles. The highest BCUT2D eigenvalue weighted by Gasteiger charge is 2.25. The number of carbonyl (C=O) groups is 1. The Bertz CT molecular complexity index is 490. The summed E-state index contributed by atoms with van der Waals surface area (Å²) in [4.78, 5) is 11.8. The van der Waals surface area contributed by atoms with Crippen LogP contribution >= 0.6 is 0 Å². The number of halogens is 2. The fraction of sp³-hybridized carbons (Fsp3) is 0.500. The maximum atomic E-state index is 12.3. The van der Waals surface area contributed by atoms with Gasteiger partial charge < -0.3 is 15.4 Å². The number of aryl methyl sites for hydroxylation is 1. The number of carbonyl (C=O) groups excluding carboxylic acids is 1. The van der Waals surface area contributed by atoms with Crippen LogP contribution in [0.25, 0.3) is 0 Å². The molecule has 6 heteroatoms. The van der Waals surface area contributed by atoms with Gasteiger partial charge in [0, 0.05) is 17.8 Å². The van der Waals surface area contributed by atoms with E-state index < -0.39 is 12.7 Å². The van der Waals surface area contributed by atoms with Crippen LogP contribution in [0.15, 0.2) is 18.2 Å². The van der Waals surface area contributed by atoms with Crippen LogP contribution in [-0.2, 0) is 4.79 Å². The molecule has 0 saturated heterocycles. The first-order chi connectivity index (χ1) is 9.45. The van der Waals surface area contributed by atoms with E-state index in [9.17, 15) is 13.6 Å². The molecule has 110 valence electrons. The van der Waals surface area contributed by atoms with Gasteiger partial charge in [0.05, 0.1) is 0 Å². The first kappa shape index (κ1) is 14.6. The predicted octanol–water partition coefficient (Wildman–Crippen LogP) is 2.68. The molecule has 1 saturated carbocycles. The number of amides is 1. The Balaban J connectivity index is 1.98. The number of rotatable bonds is 6. The lowest BCUT2D eigenvalue weighted by Gasteiger charge is -2.16. The quantitative estimate of drug-likeness (QED) is 0.844. The number of alkyl halides is 2. The zero-order valence-corrected chi connectivity index (χ0v) is 11.5. The minimum Gasteiger partial charge on any atom is -0.434 e. The summed E-state index contributed by atoms with van der Waals surface area (Å²) in [5.74, 6) is 0.0178. The Morgan fingerprint density at radius 3 is 2.70 bits per heavy atom. The van der Waals surface area contributed by atoms with Crippen LogP contribution in [0, 0.1) is 6.92 Å². The third kappa shape index (κ3) is 4.08. The summed E-state index contributed by atoms with van der Waals surface area (Å²) in [7, 11) is 0. The van der Waals surface area contributed by atoms with Gasteiger partial charge in [0.1, 0.15) is 11.8 Å². The minimum atomic E-state index is -2.86. The van der Waals surface area contributed by atoms with E-state index in [1.807, 2.05) is 0 Å². The van der Waals surface area contributed by atoms with Crippen molar-refractivity contribution < 1.29 is 18.3 Å². The molecule has 1 amide bonds. The van der Waals surface area contributed by atoms with Crippen LogP contribution in [0.4, 0.5) is 14.5 Å². The van der Waals surface area contributed by atoms with Gasteiger partial charge in [-0.2, -0.15) is 8.78 Å². The SMILES string of the molecule is Cc1ccc(N[C@@H](C)C(=O)NC2CC2)cc1OC(F)F. The van der Waals surface area contributed by atoms with Gasteiger partial charge in [-0.25, -0.2) is 0 Å². The molecule has 0 radical (unpaired) electrons. The van der Waals surface area contributed by atoms with Crippen LogP contribution in [0.5, 0.6) is 5.75 Å². The third-order valence-electron chi connectivity index (χ3n) is 3.10. The smallest absolute Gasteiger partial charge is 0.387 e. The molecule has 20 heavy (non-hydrogen) atoms. The van der Waals surface area contributed by atoms with Crippen molar-refractivity contribution in [1.82, 2.24) is 5.32 Å². The van der Waals surface area contributed by atoms with E-state index in [2.05, 4.69) is 15.4 Å². The van der Waals surface area contributed by atoms with Gasteiger partial charge in [-0.1, -0.05) is 6.07 Å². The Morgan fingerprint density at radius 1 is 1.40 bits per heavy atom. The zero-order chi connectivity index (χ0) is 14.7. The van der Waals surface area contributed by atoms with Crippen LogP contribution < -0.4 is 15.4 Å². The Kier molecular flexibility index (Phi) is 4.42. The lowest BCUT2D eigenvalue weighted by atomic mass is 10.2. The molecule has 0 spiro atoms. The van der Waals surface area contributed by atoms with Crippen molar-refractivity contribution in [3.8, 4) is 5.75 Å². The van der Waals surface area contributed by atoms with Crippen molar-refractivity contribution >= 4 is 11.6 Å². The summed E-state index contributed by atoms with van der Waals surface area (Å²) in [6, 6.07) is 4.74. The van der Waals surface area contributed by atoms with Crippen LogP contribution in [0.2, 0.25) is 0 Å². The van der Waals surface area contributed by atoms with E-state index in [0.717, 1.165) is 12.8 Å². The van der Waals surface area contributed by atoms with Crippen molar-refractivity contribution in [3.63, 3.8) is 0 Å². The van der Waals surface area contributed by atoms with Gasteiger partial charge in [0.2, 0.25) is 5.91 Å². The van der Waals surface area contributed by atoms with Crippen molar-refractivity contribution in [2.24, 2.45) is 0 Å². The minimum absolute atomic E-state index is 0.0931. The summed E-state index contributed by atoms with van der Waals surface area (Å²) in [5.41, 5.74) is 1.19. The standard InChI is InChI=1S/C14H18F2N2O2/c1-8-3-4-11(7-12(8)20-14(15)16)17-9(2)13(19)18-10-5-6-10/h3-4,7,9-10,14,17H,5-6H2,1-2H3,(H,18,19)/t9-/m0/s1. The molecule has 1 aliphatic rings. The molecule has 0 heterocycles. The third-order valence-corrected chi connectivity index (χ3v) is 3.10. The average Bonchev–Trinajstić information content (AvgIpc) is 3.16. The van der Waals surface area contributed by atoms with Crippen molar-refractivity contribution in [2.75, 3.05) is 5.32 Å². The summed E-state index contributed by atoms with van der Waals surface area (Å²) in [5, 5.41) is 5.86. The van der Waals surface area contributed by atoms with E-state index in [-0.39, 0.29) is 11.7 Å². The van der Waals surface area contributed by atoms with E-state index in [4.69, 9.17) is 0 Å². The van der Waals surface area contributed by atoms with E-state index in [1.165, 1.54) is 6.07 Å². The predicted molar refractivity (Wildman–Crippen MR) is 72.1 cm³/mol. The number of anilines is 1. The molecule has 1 atom stereocenters. The second-order valence-electron chi connectivity index (χ2n) is 5.01. The lowest BCUT2D eigenvalue weighted by molar-refractivity contribution is -0.121. The first-order valence-electron chi connectivity index (χ1n) is 6.58. The summed E-state index contributed by atoms with van der Waals surface area (Å²) in [6.45, 7) is 0.551. The summed E-state index contributed by atoms with van der Waals surface area (Å²) in [6.07, 6.45) is 2.05. The highest BCUT2D eigenvalue weighted by molar-refractivity contribution is 5.84. The van der Waals surface area contributed by atoms with Crippen molar-refractivity contribution in [2.45, 2.75) is 45.4 Å². The molecule has 1 aliphatic carbocycles. The van der Waals surface area contributed by atoms with Gasteiger partial charge in [-0.15, -0.1) is 0 Å². The first-order valence-corrected chi connectivity index (χ1v) is 6.58. The molecule has 0 aromatic heterocycles. The highest BCUT2D eigenvalue weighted by atomic mass is 19.3. The Hall–Kier alpha value is -1.85. The molecular formula is C14H18F2N2O2.